The Bertz CT molecular complexity index is 1920. The molecule has 0 atom stereocenters. The Kier molecular flexibility index (Phi) is 12.4. The number of hydrogen-bond donors (Lipinski definition) is 2. The molecule has 52 heavy (non-hydrogen) atoms. The number of aromatic nitrogens is 4. The molecule has 2 N–H and O–H groups in total. The van der Waals surface area contributed by atoms with Crippen molar-refractivity contribution in [1.82, 2.24) is 30.4 Å². The molecule has 2 aromatic heterocycles. The van der Waals surface area contributed by atoms with Crippen LogP contribution in [0.2, 0.25) is 0 Å². The normalized spacial score (nSPS) is 12.5. The number of unbranched alkanes of at least 4 members (excludes halogenated alkanes) is 1. The van der Waals surface area contributed by atoms with Crippen LogP contribution < -0.4 is 25.0 Å². The van der Waals surface area contributed by atoms with Crippen LogP contribution in [0.4, 0.5) is 15.3 Å². The number of urea groups is 1. The molecule has 3 amide bonds. The molecule has 3 aromatic carbocycles. The Balaban J connectivity index is 1.11. The molecule has 0 radical (unpaired) electrons. The summed E-state index contributed by atoms with van der Waals surface area (Å²) in [6.45, 7) is 9.18. The molecule has 5 aromatic rings. The summed E-state index contributed by atoms with van der Waals surface area (Å²) in [5.41, 5.74) is 6.94. The van der Waals surface area contributed by atoms with Gasteiger partial charge < -0.3 is 29.9 Å². The first-order valence-electron chi connectivity index (χ1n) is 17.9. The van der Waals surface area contributed by atoms with Crippen LogP contribution in [-0.2, 0) is 24.8 Å². The van der Waals surface area contributed by atoms with E-state index in [1.54, 1.807) is 16.2 Å². The number of ether oxygens (including phenoxy) is 2. The first kappa shape index (κ1) is 36.4. The molecule has 0 spiro atoms. The number of carbonyl (C=O) groups is 2. The number of hydrogen-bond acceptors (Lipinski definition) is 8. The van der Waals surface area contributed by atoms with Crippen LogP contribution in [0.15, 0.2) is 84.4 Å². The highest BCUT2D eigenvalue weighted by Gasteiger charge is 2.21. The first-order valence-corrected chi connectivity index (χ1v) is 18.8. The van der Waals surface area contributed by atoms with Crippen molar-refractivity contribution >= 4 is 29.1 Å². The lowest BCUT2D eigenvalue weighted by atomic mass is 10.1. The largest absolute Gasteiger partial charge is 0.491 e. The van der Waals surface area contributed by atoms with Gasteiger partial charge in [-0.3, -0.25) is 0 Å². The van der Waals surface area contributed by atoms with Gasteiger partial charge in [0.1, 0.15) is 31.0 Å². The summed E-state index contributed by atoms with van der Waals surface area (Å²) < 4.78 is 15.4. The zero-order chi connectivity index (χ0) is 36.3. The Hall–Kier alpha value is -5.43. The van der Waals surface area contributed by atoms with Crippen LogP contribution in [0.1, 0.15) is 37.9 Å². The van der Waals surface area contributed by atoms with Crippen molar-refractivity contribution < 1.29 is 23.7 Å². The predicted molar refractivity (Wildman–Crippen MR) is 203 cm³/mol. The zero-order valence-corrected chi connectivity index (χ0v) is 30.9. The third kappa shape index (κ3) is 9.26. The maximum absolute atomic E-state index is 12.1. The molecule has 0 saturated carbocycles. The molecule has 6 rings (SSSR count). The summed E-state index contributed by atoms with van der Waals surface area (Å²) >= 11 is 1.58. The number of amides is 3. The summed E-state index contributed by atoms with van der Waals surface area (Å²) in [4.78, 5) is 33.3. The lowest BCUT2D eigenvalue weighted by Crippen LogP contribution is -2.33. The van der Waals surface area contributed by atoms with Gasteiger partial charge in [-0.1, -0.05) is 42.5 Å². The molecule has 13 heteroatoms. The molecule has 0 bridgehead atoms. The van der Waals surface area contributed by atoms with Crippen molar-refractivity contribution in [2.24, 2.45) is 7.05 Å². The van der Waals surface area contributed by atoms with Crippen molar-refractivity contribution in [3.63, 3.8) is 0 Å². The van der Waals surface area contributed by atoms with Gasteiger partial charge in [0.2, 0.25) is 0 Å². The van der Waals surface area contributed by atoms with Crippen LogP contribution in [0, 0.1) is 0 Å². The number of thiazole rings is 1. The highest BCUT2D eigenvalue weighted by Crippen LogP contribution is 2.36. The third-order valence-electron chi connectivity index (χ3n) is 9.08. The predicted octanol–water partition coefficient (Wildman–Crippen LogP) is 5.99. The summed E-state index contributed by atoms with van der Waals surface area (Å²) in [7, 11) is 1.93. The second-order valence-corrected chi connectivity index (χ2v) is 13.4. The minimum Gasteiger partial charge on any atom is -0.491 e. The Morgan fingerprint density at radius 2 is 1.87 bits per heavy atom. The molecule has 1 aliphatic rings. The van der Waals surface area contributed by atoms with E-state index < -0.39 is 6.09 Å². The van der Waals surface area contributed by atoms with Crippen molar-refractivity contribution in [2.45, 2.75) is 39.7 Å². The maximum atomic E-state index is 12.1. The van der Waals surface area contributed by atoms with E-state index in [9.17, 15) is 9.59 Å². The molecule has 3 heterocycles. The maximum Gasteiger partial charge on any atom is 0.407 e. The molecule has 0 aliphatic carbocycles. The zero-order valence-electron chi connectivity index (χ0n) is 30.1. The van der Waals surface area contributed by atoms with Gasteiger partial charge in [0, 0.05) is 61.8 Å². The lowest BCUT2D eigenvalue weighted by Gasteiger charge is -2.20. The van der Waals surface area contributed by atoms with Gasteiger partial charge in [-0.25, -0.2) is 14.6 Å². The highest BCUT2D eigenvalue weighted by molar-refractivity contribution is 7.13. The topological polar surface area (TPSA) is 118 Å². The Labute approximate surface area is 309 Å². The van der Waals surface area contributed by atoms with Crippen molar-refractivity contribution in [2.75, 3.05) is 50.8 Å². The average Bonchev–Trinajstić information content (AvgIpc) is 3.92. The molecular weight excluding hydrogens is 677 g/mol. The van der Waals surface area contributed by atoms with E-state index in [4.69, 9.17) is 19.7 Å². The SMILES string of the molecule is CCN(CC)c1ccc(-c2csc(-c3ccc(-[n+]4cc(CCCCNC(=O)OCc5ccccc5)n(C)n4)cc3OCCN3CCNC3=O)n2)cc1. The summed E-state index contributed by atoms with van der Waals surface area (Å²) in [6.07, 6.45) is 4.10. The van der Waals surface area contributed by atoms with Gasteiger partial charge in [-0.2, -0.15) is 0 Å². The molecule has 1 aliphatic heterocycles. The number of rotatable bonds is 17. The minimum atomic E-state index is -0.411. The Morgan fingerprint density at radius 1 is 1.06 bits per heavy atom. The fourth-order valence-corrected chi connectivity index (χ4v) is 6.96. The molecule has 12 nitrogen and oxygen atoms in total. The van der Waals surface area contributed by atoms with E-state index in [2.05, 4.69) is 59.0 Å². The molecule has 272 valence electrons. The second-order valence-electron chi connectivity index (χ2n) is 12.5. The molecular formula is C39H47N8O4S+. The number of carbonyl (C=O) groups excluding carboxylic acids is 2. The van der Waals surface area contributed by atoms with E-state index in [1.807, 2.05) is 71.1 Å². The quantitative estimate of drug-likeness (QED) is 0.0895. The van der Waals surface area contributed by atoms with E-state index in [0.29, 0.717) is 38.5 Å². The van der Waals surface area contributed by atoms with Gasteiger partial charge >= 0.3 is 12.1 Å². The Morgan fingerprint density at radius 3 is 2.62 bits per heavy atom. The van der Waals surface area contributed by atoms with Gasteiger partial charge in [0.05, 0.1) is 23.0 Å². The summed E-state index contributed by atoms with van der Waals surface area (Å²) in [5, 5.41) is 13.4. The van der Waals surface area contributed by atoms with Crippen LogP contribution in [0.5, 0.6) is 5.75 Å². The van der Waals surface area contributed by atoms with E-state index in [-0.39, 0.29) is 12.6 Å². The smallest absolute Gasteiger partial charge is 0.407 e. The summed E-state index contributed by atoms with van der Waals surface area (Å²) in [5.74, 6) is 0.680. The fourth-order valence-electron chi connectivity index (χ4n) is 6.10. The van der Waals surface area contributed by atoms with Gasteiger partial charge in [-0.15, -0.1) is 20.7 Å². The van der Waals surface area contributed by atoms with E-state index >= 15 is 0 Å². The van der Waals surface area contributed by atoms with Gasteiger partial charge in [0.25, 0.3) is 0 Å². The van der Waals surface area contributed by atoms with E-state index in [0.717, 1.165) is 71.1 Å². The third-order valence-corrected chi connectivity index (χ3v) is 9.95. The number of anilines is 1. The van der Waals surface area contributed by atoms with Gasteiger partial charge in [-0.05, 0) is 56.5 Å². The van der Waals surface area contributed by atoms with Gasteiger partial charge in [0.15, 0.2) is 17.6 Å². The van der Waals surface area contributed by atoms with E-state index in [1.165, 1.54) is 5.69 Å². The monoisotopic (exact) mass is 723 g/mol. The van der Waals surface area contributed by atoms with Crippen molar-refractivity contribution in [3.05, 3.63) is 95.6 Å². The highest BCUT2D eigenvalue weighted by atomic mass is 32.1. The van der Waals surface area contributed by atoms with Crippen molar-refractivity contribution in [1.29, 1.82) is 0 Å². The van der Waals surface area contributed by atoms with Crippen LogP contribution in [0.3, 0.4) is 0 Å². The van der Waals surface area contributed by atoms with Crippen LogP contribution in [-0.4, -0.2) is 77.8 Å². The first-order chi connectivity index (χ1) is 25.4. The number of aryl methyl sites for hydroxylation is 2. The molecule has 0 unspecified atom stereocenters. The number of nitrogens with one attached hydrogen (secondary N) is 2. The molecule has 1 fully saturated rings. The summed E-state index contributed by atoms with van der Waals surface area (Å²) in [6, 6.07) is 24.2. The number of alkyl carbamates (subject to hydrolysis) is 1. The van der Waals surface area contributed by atoms with Crippen LogP contribution in [0.25, 0.3) is 27.5 Å². The standard InChI is InChI=1S/C39H46N8O4S/c1-4-45(5-2)31-16-14-30(15-17-31)35-28-52-37(42-35)34-19-18-32(25-36(34)50-24-23-46-22-21-40-38(46)48)47-26-33(44(3)43-47)13-9-10-20-41-39(49)51-27-29-11-7-6-8-12-29/h6-8,11-12,14-19,25-26,28H,4-5,9-10,13,20-24,27H2,1-3H3,(H-,40,41,48,49)/p+1. The minimum absolute atomic E-state index is 0.0653. The lowest BCUT2D eigenvalue weighted by molar-refractivity contribution is -0.661. The average molecular weight is 724 g/mol. The number of nitrogens with zero attached hydrogens (tertiary/aromatic N) is 6. The van der Waals surface area contributed by atoms with Crippen LogP contribution >= 0.6 is 11.3 Å². The van der Waals surface area contributed by atoms with Crippen molar-refractivity contribution in [3.8, 4) is 33.3 Å². The molecule has 1 saturated heterocycles. The second kappa shape index (κ2) is 17.7. The number of benzene rings is 3. The fraction of sp³-hybridized carbons (Fsp3) is 0.359.